The quantitative estimate of drug-likeness (QED) is 0.551. The smallest absolute Gasteiger partial charge is 0.0969 e. The Balaban J connectivity index is 0.00000256. The molecule has 0 saturated carbocycles. The molecule has 0 bridgehead atoms. The Kier molecular flexibility index (Phi) is 5.46. The minimum absolute atomic E-state index is 0. The summed E-state index contributed by atoms with van der Waals surface area (Å²) < 4.78 is 1.05. The van der Waals surface area contributed by atoms with Crippen molar-refractivity contribution in [2.45, 2.75) is 57.7 Å². The summed E-state index contributed by atoms with van der Waals surface area (Å²) in [5, 5.41) is 3.74. The summed E-state index contributed by atoms with van der Waals surface area (Å²) in [6, 6.07) is 0.712. The van der Waals surface area contributed by atoms with Gasteiger partial charge in [0.15, 0.2) is 0 Å². The second kappa shape index (κ2) is 5.41. The lowest BCUT2D eigenvalue weighted by Crippen LogP contribution is -3.00. The number of quaternary nitrogens is 1. The Morgan fingerprint density at radius 1 is 1.18 bits per heavy atom. The number of rotatable bonds is 3. The van der Waals surface area contributed by atoms with Gasteiger partial charge >= 0.3 is 0 Å². The molecule has 2 nitrogen and oxygen atoms in total. The van der Waals surface area contributed by atoms with Gasteiger partial charge in [-0.15, -0.1) is 0 Å². The molecule has 0 aliphatic carbocycles. The van der Waals surface area contributed by atoms with Crippen molar-refractivity contribution in [2.24, 2.45) is 0 Å². The highest BCUT2D eigenvalue weighted by Crippen LogP contribution is 2.33. The monoisotopic (exact) mass is 304 g/mol. The van der Waals surface area contributed by atoms with Crippen molar-refractivity contribution in [3.63, 3.8) is 0 Å². The molecule has 0 aromatic heterocycles. The highest BCUT2D eigenvalue weighted by molar-refractivity contribution is 4.97. The van der Waals surface area contributed by atoms with Crippen LogP contribution in [0.2, 0.25) is 0 Å². The number of nitrogens with zero attached hydrogens (tertiary/aromatic N) is 1. The van der Waals surface area contributed by atoms with E-state index in [9.17, 15) is 0 Å². The second-order valence-electron chi connectivity index (χ2n) is 7.20. The third kappa shape index (κ3) is 4.72. The van der Waals surface area contributed by atoms with Crippen LogP contribution in [0, 0.1) is 0 Å². The fourth-order valence-electron chi connectivity index (χ4n) is 3.24. The first-order valence-corrected chi connectivity index (χ1v) is 6.31. The van der Waals surface area contributed by atoms with Gasteiger partial charge in [0.25, 0.3) is 0 Å². The van der Waals surface area contributed by atoms with Gasteiger partial charge in [-0.05, 0) is 33.8 Å². The van der Waals surface area contributed by atoms with E-state index in [1.807, 2.05) is 6.08 Å². The fraction of sp³-hybridized carbons (Fsp3) is 0.857. The van der Waals surface area contributed by atoms with Crippen molar-refractivity contribution in [1.82, 2.24) is 5.32 Å². The van der Waals surface area contributed by atoms with Crippen LogP contribution in [0.15, 0.2) is 12.7 Å². The van der Waals surface area contributed by atoms with Crippen LogP contribution >= 0.6 is 0 Å². The summed E-state index contributed by atoms with van der Waals surface area (Å²) in [5.74, 6) is 0. The molecule has 17 heavy (non-hydrogen) atoms. The van der Waals surface area contributed by atoms with Gasteiger partial charge in [-0.1, -0.05) is 6.58 Å². The molecule has 0 aromatic carbocycles. The molecule has 1 fully saturated rings. The number of likely N-dealkylation sites (N-methyl/N-ethyl adjacent to an activating group) is 1. The van der Waals surface area contributed by atoms with Crippen LogP contribution in [0.3, 0.4) is 0 Å². The van der Waals surface area contributed by atoms with Crippen LogP contribution in [0.25, 0.3) is 0 Å². The Bertz CT molecular complexity index is 253. The summed E-state index contributed by atoms with van der Waals surface area (Å²) >= 11 is 0. The third-order valence-corrected chi connectivity index (χ3v) is 3.76. The minimum atomic E-state index is 0. The molecule has 0 atom stereocenters. The van der Waals surface area contributed by atoms with E-state index in [1.54, 1.807) is 0 Å². The van der Waals surface area contributed by atoms with Crippen LogP contribution in [0.5, 0.6) is 0 Å². The molecule has 102 valence electrons. The summed E-state index contributed by atoms with van der Waals surface area (Å²) in [6.45, 7) is 14.2. The predicted molar refractivity (Wildman–Crippen MR) is 71.5 cm³/mol. The molecule has 0 aromatic rings. The molecule has 1 rings (SSSR count). The van der Waals surface area contributed by atoms with Crippen molar-refractivity contribution in [3.05, 3.63) is 12.7 Å². The normalized spacial score (nSPS) is 23.9. The number of halogens is 1. The molecule has 0 spiro atoms. The Morgan fingerprint density at radius 2 is 1.59 bits per heavy atom. The van der Waals surface area contributed by atoms with Crippen LogP contribution < -0.4 is 22.3 Å². The van der Waals surface area contributed by atoms with Gasteiger partial charge < -0.3 is 26.8 Å². The summed E-state index contributed by atoms with van der Waals surface area (Å²) in [7, 11) is 4.65. The minimum Gasteiger partial charge on any atom is -1.00 e. The summed E-state index contributed by atoms with van der Waals surface area (Å²) in [4.78, 5) is 0. The highest BCUT2D eigenvalue weighted by atomic mass is 79.9. The van der Waals surface area contributed by atoms with Gasteiger partial charge in [0.2, 0.25) is 0 Å². The fourth-order valence-corrected chi connectivity index (χ4v) is 3.24. The lowest BCUT2D eigenvalue weighted by Gasteiger charge is -2.51. The average Bonchev–Trinajstić information content (AvgIpc) is 1.97. The number of hydrogen-bond donors (Lipinski definition) is 1. The lowest BCUT2D eigenvalue weighted by molar-refractivity contribution is -0.912. The second-order valence-corrected chi connectivity index (χ2v) is 7.20. The predicted octanol–water partition coefficient (Wildman–Crippen LogP) is -0.438. The summed E-state index contributed by atoms with van der Waals surface area (Å²) in [5.41, 5.74) is 0.478. The molecular formula is C14H29BrN2. The standard InChI is InChI=1S/C14H29N2.BrH/c1-8-9-16(6,7)12-10-13(2,3)15-14(4,5)11-12;/h8,12,15H,1,9-11H2,2-7H3;1H/q+1;/p-1. The van der Waals surface area contributed by atoms with Crippen molar-refractivity contribution in [3.8, 4) is 0 Å². The molecule has 1 N–H and O–H groups in total. The van der Waals surface area contributed by atoms with E-state index in [-0.39, 0.29) is 28.1 Å². The Morgan fingerprint density at radius 3 is 1.94 bits per heavy atom. The highest BCUT2D eigenvalue weighted by Gasteiger charge is 2.43. The number of nitrogens with one attached hydrogen (secondary N) is 1. The van der Waals surface area contributed by atoms with Crippen molar-refractivity contribution >= 4 is 0 Å². The molecule has 0 amide bonds. The van der Waals surface area contributed by atoms with Gasteiger partial charge in [-0.25, -0.2) is 0 Å². The topological polar surface area (TPSA) is 12.0 Å². The van der Waals surface area contributed by atoms with Gasteiger partial charge in [-0.2, -0.15) is 0 Å². The van der Waals surface area contributed by atoms with Crippen LogP contribution in [-0.2, 0) is 0 Å². The molecule has 1 aliphatic heterocycles. The molecule has 3 heteroatoms. The first-order valence-electron chi connectivity index (χ1n) is 6.31. The van der Waals surface area contributed by atoms with Crippen LogP contribution in [0.1, 0.15) is 40.5 Å². The number of piperidine rings is 1. The van der Waals surface area contributed by atoms with E-state index in [2.05, 4.69) is 53.7 Å². The molecule has 1 aliphatic rings. The first kappa shape index (κ1) is 17.1. The molecule has 1 heterocycles. The Hall–Kier alpha value is 0.140. The largest absolute Gasteiger partial charge is 1.00 e. The average molecular weight is 305 g/mol. The zero-order valence-corrected chi connectivity index (χ0v) is 13.9. The zero-order chi connectivity index (χ0) is 12.6. The third-order valence-electron chi connectivity index (χ3n) is 3.76. The molecule has 1 saturated heterocycles. The van der Waals surface area contributed by atoms with Crippen LogP contribution in [0.4, 0.5) is 0 Å². The van der Waals surface area contributed by atoms with E-state index in [0.29, 0.717) is 6.04 Å². The van der Waals surface area contributed by atoms with Gasteiger partial charge in [0.05, 0.1) is 26.7 Å². The van der Waals surface area contributed by atoms with E-state index >= 15 is 0 Å². The zero-order valence-electron chi connectivity index (χ0n) is 12.3. The van der Waals surface area contributed by atoms with Gasteiger partial charge in [0, 0.05) is 23.9 Å². The molecular weight excluding hydrogens is 276 g/mol. The number of hydrogen-bond acceptors (Lipinski definition) is 1. The summed E-state index contributed by atoms with van der Waals surface area (Å²) in [6.07, 6.45) is 4.51. The van der Waals surface area contributed by atoms with Crippen molar-refractivity contribution in [2.75, 3.05) is 20.6 Å². The maximum atomic E-state index is 3.88. The van der Waals surface area contributed by atoms with Gasteiger partial charge in [-0.3, -0.25) is 0 Å². The Labute approximate surface area is 118 Å². The SMILES string of the molecule is C=CC[N+](C)(C)C1CC(C)(C)NC(C)(C)C1.[Br-]. The molecule has 0 unspecified atom stereocenters. The van der Waals surface area contributed by atoms with Crippen LogP contribution in [-0.4, -0.2) is 42.2 Å². The van der Waals surface area contributed by atoms with E-state index < -0.39 is 0 Å². The maximum absolute atomic E-state index is 3.88. The lowest BCUT2D eigenvalue weighted by atomic mass is 9.78. The molecule has 0 radical (unpaired) electrons. The maximum Gasteiger partial charge on any atom is 0.0969 e. The van der Waals surface area contributed by atoms with Crippen molar-refractivity contribution < 1.29 is 21.5 Å². The van der Waals surface area contributed by atoms with Crippen molar-refractivity contribution in [1.29, 1.82) is 0 Å². The van der Waals surface area contributed by atoms with Gasteiger partial charge in [0.1, 0.15) is 0 Å². The van der Waals surface area contributed by atoms with E-state index in [0.717, 1.165) is 11.0 Å². The van der Waals surface area contributed by atoms with E-state index in [1.165, 1.54) is 12.8 Å². The van der Waals surface area contributed by atoms with E-state index in [4.69, 9.17) is 0 Å². The first-order chi connectivity index (χ1) is 7.08.